The van der Waals surface area contributed by atoms with Crippen LogP contribution in [0, 0.1) is 0 Å². The van der Waals surface area contributed by atoms with E-state index in [9.17, 15) is 8.42 Å². The summed E-state index contributed by atoms with van der Waals surface area (Å²) in [6, 6.07) is 3.59. The van der Waals surface area contributed by atoms with Crippen molar-refractivity contribution in [2.45, 2.75) is 58.2 Å². The van der Waals surface area contributed by atoms with Gasteiger partial charge in [-0.15, -0.1) is 0 Å². The van der Waals surface area contributed by atoms with Gasteiger partial charge in [-0.1, -0.05) is 34.1 Å². The highest BCUT2D eigenvalue weighted by atomic mass is 32.2. The average molecular weight is 302 g/mol. The Balaban J connectivity index is 2.81. The summed E-state index contributed by atoms with van der Waals surface area (Å²) in [7, 11) is -3.50. The van der Waals surface area contributed by atoms with Gasteiger partial charge in [-0.3, -0.25) is 0 Å². The number of nitrogens with zero attached hydrogens (tertiary/aromatic N) is 1. The first-order valence-electron chi connectivity index (χ1n) is 7.24. The summed E-state index contributed by atoms with van der Waals surface area (Å²) < 4.78 is 31.8. The number of unbranched alkanes of at least 4 members (excludes halogenated alkanes) is 1. The Morgan fingerprint density at radius 3 is 2.55 bits per heavy atom. The quantitative estimate of drug-likeness (QED) is 0.761. The van der Waals surface area contributed by atoms with Gasteiger partial charge >= 0.3 is 0 Å². The van der Waals surface area contributed by atoms with Crippen molar-refractivity contribution in [1.82, 2.24) is 9.62 Å². The van der Waals surface area contributed by atoms with Crippen molar-refractivity contribution in [3.63, 3.8) is 0 Å². The van der Waals surface area contributed by atoms with Crippen molar-refractivity contribution in [1.29, 1.82) is 0 Å². The standard InChI is InChI=1S/C14H26N2O3S/c1-5-7-10-16(6-2)20(17,18)14-9-8-13(19-14)11-15-12(3)4/h8-9,12,15H,5-7,10-11H2,1-4H3. The molecule has 20 heavy (non-hydrogen) atoms. The fourth-order valence-corrected chi connectivity index (χ4v) is 3.22. The van der Waals surface area contributed by atoms with E-state index < -0.39 is 10.0 Å². The molecule has 0 aliphatic heterocycles. The number of rotatable bonds is 9. The summed E-state index contributed by atoms with van der Waals surface area (Å²) >= 11 is 0. The Morgan fingerprint density at radius 2 is 2.00 bits per heavy atom. The van der Waals surface area contributed by atoms with E-state index in [4.69, 9.17) is 4.42 Å². The zero-order chi connectivity index (χ0) is 15.2. The summed E-state index contributed by atoms with van der Waals surface area (Å²) in [5.41, 5.74) is 0. The third kappa shape index (κ3) is 4.61. The van der Waals surface area contributed by atoms with Crippen LogP contribution in [0.2, 0.25) is 0 Å². The van der Waals surface area contributed by atoms with Crippen LogP contribution in [-0.2, 0) is 16.6 Å². The second-order valence-corrected chi connectivity index (χ2v) is 6.98. The Hall–Kier alpha value is -0.850. The Labute approximate surface area is 122 Å². The van der Waals surface area contributed by atoms with Gasteiger partial charge in [0.15, 0.2) is 0 Å². The van der Waals surface area contributed by atoms with E-state index >= 15 is 0 Å². The van der Waals surface area contributed by atoms with Gasteiger partial charge in [-0.25, -0.2) is 8.42 Å². The van der Waals surface area contributed by atoms with Gasteiger partial charge in [0.25, 0.3) is 10.0 Å². The molecule has 5 nitrogen and oxygen atoms in total. The van der Waals surface area contributed by atoms with Crippen LogP contribution < -0.4 is 5.32 Å². The molecule has 116 valence electrons. The second-order valence-electron chi connectivity index (χ2n) is 5.11. The molecule has 0 spiro atoms. The van der Waals surface area contributed by atoms with Gasteiger partial charge < -0.3 is 9.73 Å². The maximum Gasteiger partial charge on any atom is 0.276 e. The summed E-state index contributed by atoms with van der Waals surface area (Å²) in [5, 5.41) is 3.24. The van der Waals surface area contributed by atoms with Gasteiger partial charge in [0.05, 0.1) is 6.54 Å². The maximum atomic E-state index is 12.4. The smallest absolute Gasteiger partial charge is 0.276 e. The molecule has 0 aliphatic rings. The van der Waals surface area contributed by atoms with Crippen molar-refractivity contribution in [3.05, 3.63) is 17.9 Å². The monoisotopic (exact) mass is 302 g/mol. The van der Waals surface area contributed by atoms with Gasteiger partial charge in [0.2, 0.25) is 5.09 Å². The third-order valence-electron chi connectivity index (χ3n) is 3.03. The summed E-state index contributed by atoms with van der Waals surface area (Å²) in [6.45, 7) is 9.49. The molecule has 0 atom stereocenters. The zero-order valence-electron chi connectivity index (χ0n) is 12.8. The van der Waals surface area contributed by atoms with Crippen molar-refractivity contribution < 1.29 is 12.8 Å². The van der Waals surface area contributed by atoms with Crippen LogP contribution in [0.4, 0.5) is 0 Å². The first kappa shape index (κ1) is 17.2. The average Bonchev–Trinajstić information content (AvgIpc) is 2.86. The molecule has 0 unspecified atom stereocenters. The summed E-state index contributed by atoms with van der Waals surface area (Å²) in [6.07, 6.45) is 1.82. The van der Waals surface area contributed by atoms with Crippen LogP contribution in [0.15, 0.2) is 21.6 Å². The normalized spacial score (nSPS) is 12.5. The highest BCUT2D eigenvalue weighted by Gasteiger charge is 2.25. The van der Waals surface area contributed by atoms with Crippen molar-refractivity contribution in [2.24, 2.45) is 0 Å². The summed E-state index contributed by atoms with van der Waals surface area (Å²) in [5.74, 6) is 0.642. The largest absolute Gasteiger partial charge is 0.447 e. The first-order valence-corrected chi connectivity index (χ1v) is 8.68. The lowest BCUT2D eigenvalue weighted by molar-refractivity contribution is 0.363. The minimum absolute atomic E-state index is 0.0380. The molecule has 1 N–H and O–H groups in total. The molecule has 0 bridgehead atoms. The van der Waals surface area contributed by atoms with Gasteiger partial charge in [0, 0.05) is 19.1 Å². The molecule has 0 saturated heterocycles. The van der Waals surface area contributed by atoms with Crippen LogP contribution in [0.25, 0.3) is 0 Å². The SMILES string of the molecule is CCCCN(CC)S(=O)(=O)c1ccc(CNC(C)C)o1. The number of furan rings is 1. The Kier molecular flexibility index (Phi) is 6.71. The van der Waals surface area contributed by atoms with Gasteiger partial charge in [-0.2, -0.15) is 4.31 Å². The molecule has 0 saturated carbocycles. The van der Waals surface area contributed by atoms with E-state index in [0.29, 0.717) is 31.4 Å². The highest BCUT2D eigenvalue weighted by molar-refractivity contribution is 7.89. The van der Waals surface area contributed by atoms with E-state index in [1.54, 1.807) is 12.1 Å². The molecule has 0 radical (unpaired) electrons. The maximum absolute atomic E-state index is 12.4. The molecule has 1 aromatic heterocycles. The minimum atomic E-state index is -3.50. The molecular formula is C14H26N2O3S. The summed E-state index contributed by atoms with van der Waals surface area (Å²) in [4.78, 5) is 0. The fourth-order valence-electron chi connectivity index (χ4n) is 1.81. The molecular weight excluding hydrogens is 276 g/mol. The number of sulfonamides is 1. The van der Waals surface area contributed by atoms with Crippen molar-refractivity contribution in [2.75, 3.05) is 13.1 Å². The second kappa shape index (κ2) is 7.81. The van der Waals surface area contributed by atoms with Crippen LogP contribution in [0.5, 0.6) is 0 Å². The Morgan fingerprint density at radius 1 is 1.30 bits per heavy atom. The van der Waals surface area contributed by atoms with Crippen LogP contribution in [0.1, 0.15) is 46.3 Å². The molecule has 1 rings (SSSR count). The van der Waals surface area contributed by atoms with Crippen LogP contribution >= 0.6 is 0 Å². The zero-order valence-corrected chi connectivity index (χ0v) is 13.7. The molecule has 1 aromatic rings. The first-order chi connectivity index (χ1) is 9.41. The number of hydrogen-bond donors (Lipinski definition) is 1. The van der Waals surface area contributed by atoms with E-state index in [1.165, 1.54) is 4.31 Å². The third-order valence-corrected chi connectivity index (χ3v) is 4.88. The minimum Gasteiger partial charge on any atom is -0.447 e. The molecule has 6 heteroatoms. The number of nitrogens with one attached hydrogen (secondary N) is 1. The molecule has 0 fully saturated rings. The van der Waals surface area contributed by atoms with Gasteiger partial charge in [-0.05, 0) is 18.6 Å². The van der Waals surface area contributed by atoms with Crippen LogP contribution in [0.3, 0.4) is 0 Å². The lowest BCUT2D eigenvalue weighted by atomic mass is 10.3. The lowest BCUT2D eigenvalue weighted by Crippen LogP contribution is -2.31. The van der Waals surface area contributed by atoms with E-state index in [1.807, 2.05) is 27.7 Å². The topological polar surface area (TPSA) is 62.6 Å². The van der Waals surface area contributed by atoms with Crippen LogP contribution in [-0.4, -0.2) is 31.9 Å². The molecule has 0 aromatic carbocycles. The predicted octanol–water partition coefficient (Wildman–Crippen LogP) is 2.59. The highest BCUT2D eigenvalue weighted by Crippen LogP contribution is 2.19. The fraction of sp³-hybridized carbons (Fsp3) is 0.714. The van der Waals surface area contributed by atoms with E-state index in [0.717, 1.165) is 12.8 Å². The van der Waals surface area contributed by atoms with E-state index in [2.05, 4.69) is 5.32 Å². The lowest BCUT2D eigenvalue weighted by Gasteiger charge is -2.18. The molecule has 0 amide bonds. The van der Waals surface area contributed by atoms with Crippen molar-refractivity contribution in [3.8, 4) is 0 Å². The Bertz CT molecular complexity index is 494. The molecule has 1 heterocycles. The predicted molar refractivity (Wildman–Crippen MR) is 80.0 cm³/mol. The van der Waals surface area contributed by atoms with Crippen molar-refractivity contribution >= 4 is 10.0 Å². The molecule has 0 aliphatic carbocycles. The number of hydrogen-bond acceptors (Lipinski definition) is 4. The van der Waals surface area contributed by atoms with E-state index in [-0.39, 0.29) is 5.09 Å². The van der Waals surface area contributed by atoms with Gasteiger partial charge in [0.1, 0.15) is 5.76 Å².